The van der Waals surface area contributed by atoms with Crippen molar-refractivity contribution in [2.24, 2.45) is 5.92 Å². The van der Waals surface area contributed by atoms with E-state index < -0.39 is 10.0 Å². The van der Waals surface area contributed by atoms with Crippen molar-refractivity contribution in [1.82, 2.24) is 24.4 Å². The molecule has 3 rings (SSSR count). The lowest BCUT2D eigenvalue weighted by Gasteiger charge is -2.22. The highest BCUT2D eigenvalue weighted by Crippen LogP contribution is 2.23. The summed E-state index contributed by atoms with van der Waals surface area (Å²) in [6, 6.07) is 3.69. The average molecular weight is 396 g/mol. The predicted molar refractivity (Wildman–Crippen MR) is 103 cm³/mol. The Labute approximate surface area is 161 Å². The quantitative estimate of drug-likeness (QED) is 0.768. The molecule has 1 aliphatic rings. The Kier molecular flexibility index (Phi) is 6.02. The van der Waals surface area contributed by atoms with Gasteiger partial charge in [0.15, 0.2) is 5.82 Å². The number of fused-ring (bicyclic) bond motifs is 1. The molecule has 0 fully saturated rings. The zero-order valence-corrected chi connectivity index (χ0v) is 17.3. The summed E-state index contributed by atoms with van der Waals surface area (Å²) in [6.45, 7) is 9.25. The van der Waals surface area contributed by atoms with Gasteiger partial charge in [-0.1, -0.05) is 20.8 Å². The van der Waals surface area contributed by atoms with Crippen LogP contribution in [-0.4, -0.2) is 47.4 Å². The van der Waals surface area contributed by atoms with E-state index in [1.807, 2.05) is 26.0 Å². The number of aryl methyl sites for hydroxylation is 1. The molecule has 27 heavy (non-hydrogen) atoms. The fraction of sp³-hybridized carbons (Fsp3) is 0.667. The van der Waals surface area contributed by atoms with Gasteiger partial charge in [-0.05, 0) is 18.1 Å². The maximum absolute atomic E-state index is 11.8. The molecule has 9 heteroatoms. The Morgan fingerprint density at radius 2 is 1.93 bits per heavy atom. The molecule has 0 radical (unpaired) electrons. The van der Waals surface area contributed by atoms with Crippen LogP contribution in [0.5, 0.6) is 0 Å². The zero-order chi connectivity index (χ0) is 19.6. The molecular formula is C18H29N5O3S. The van der Waals surface area contributed by atoms with Crippen LogP contribution >= 0.6 is 0 Å². The first-order valence-corrected chi connectivity index (χ1v) is 11.3. The number of nitrogens with one attached hydrogen (secondary N) is 1. The Bertz CT molecular complexity index is 871. The van der Waals surface area contributed by atoms with Crippen molar-refractivity contribution in [3.8, 4) is 0 Å². The van der Waals surface area contributed by atoms with E-state index >= 15 is 0 Å². The monoisotopic (exact) mass is 395 g/mol. The molecule has 0 bridgehead atoms. The average Bonchev–Trinajstić information content (AvgIpc) is 3.15. The van der Waals surface area contributed by atoms with Gasteiger partial charge >= 0.3 is 0 Å². The van der Waals surface area contributed by atoms with Crippen LogP contribution in [-0.2, 0) is 36.0 Å². The summed E-state index contributed by atoms with van der Waals surface area (Å²) in [5.41, 5.74) is 0. The van der Waals surface area contributed by atoms with Gasteiger partial charge in [0, 0.05) is 32.5 Å². The summed E-state index contributed by atoms with van der Waals surface area (Å²) in [5, 5.41) is 8.65. The molecule has 0 amide bonds. The Morgan fingerprint density at radius 1 is 1.19 bits per heavy atom. The summed E-state index contributed by atoms with van der Waals surface area (Å²) in [7, 11) is -3.34. The number of hydrogen-bond donors (Lipinski definition) is 1. The van der Waals surface area contributed by atoms with E-state index in [-0.39, 0.29) is 12.0 Å². The van der Waals surface area contributed by atoms with E-state index in [0.29, 0.717) is 5.82 Å². The number of nitrogens with zero attached hydrogens (tertiary/aromatic N) is 4. The minimum atomic E-state index is -3.34. The van der Waals surface area contributed by atoms with Crippen LogP contribution in [0.15, 0.2) is 16.5 Å². The van der Waals surface area contributed by atoms with E-state index in [1.165, 1.54) is 6.26 Å². The minimum Gasteiger partial charge on any atom is -0.465 e. The highest BCUT2D eigenvalue weighted by molar-refractivity contribution is 7.88. The third-order valence-electron chi connectivity index (χ3n) is 4.88. The summed E-state index contributed by atoms with van der Waals surface area (Å²) in [5.74, 6) is 3.65. The first kappa shape index (κ1) is 20.0. The van der Waals surface area contributed by atoms with Crippen molar-refractivity contribution in [3.63, 3.8) is 0 Å². The van der Waals surface area contributed by atoms with Crippen LogP contribution < -0.4 is 4.72 Å². The first-order chi connectivity index (χ1) is 12.8. The second-order valence-corrected chi connectivity index (χ2v) is 9.27. The van der Waals surface area contributed by atoms with Crippen molar-refractivity contribution in [1.29, 1.82) is 0 Å². The zero-order valence-electron chi connectivity index (χ0n) is 16.5. The van der Waals surface area contributed by atoms with Gasteiger partial charge < -0.3 is 8.98 Å². The normalized spacial score (nSPS) is 17.1. The second kappa shape index (κ2) is 8.12. The van der Waals surface area contributed by atoms with Gasteiger partial charge in [0.2, 0.25) is 10.0 Å². The van der Waals surface area contributed by atoms with Gasteiger partial charge in [-0.25, -0.2) is 13.1 Å². The van der Waals surface area contributed by atoms with Crippen molar-refractivity contribution < 1.29 is 12.8 Å². The van der Waals surface area contributed by atoms with Crippen LogP contribution in [0.2, 0.25) is 0 Å². The summed E-state index contributed by atoms with van der Waals surface area (Å²) < 4.78 is 34.2. The molecule has 1 N–H and O–H groups in total. The highest BCUT2D eigenvalue weighted by atomic mass is 32.2. The van der Waals surface area contributed by atoms with Crippen LogP contribution in [0, 0.1) is 5.92 Å². The van der Waals surface area contributed by atoms with Crippen LogP contribution in [0.4, 0.5) is 0 Å². The molecule has 2 aromatic rings. The minimum absolute atomic E-state index is 0.0722. The molecule has 150 valence electrons. The smallest absolute Gasteiger partial charge is 0.209 e. The predicted octanol–water partition coefficient (Wildman–Crippen LogP) is 1.74. The summed E-state index contributed by atoms with van der Waals surface area (Å²) >= 11 is 0. The van der Waals surface area contributed by atoms with Crippen molar-refractivity contribution in [2.45, 2.75) is 52.7 Å². The molecule has 1 aliphatic heterocycles. The number of furan rings is 1. The number of hydrogen-bond acceptors (Lipinski definition) is 6. The molecule has 0 aromatic carbocycles. The van der Waals surface area contributed by atoms with Gasteiger partial charge in [0.05, 0.1) is 18.8 Å². The fourth-order valence-corrected chi connectivity index (χ4v) is 4.25. The standard InChI is InChI=1S/C18H29N5O3S/c1-5-14-6-7-15(26-14)12-22-9-8-16-19-20-18(23(16)11-10-22)17(13(2)3)21-27(4,24)25/h6-7,13,17,21H,5,8-12H2,1-4H3/t17-/m0/s1. The highest BCUT2D eigenvalue weighted by Gasteiger charge is 2.28. The summed E-state index contributed by atoms with van der Waals surface area (Å²) in [6.07, 6.45) is 2.85. The van der Waals surface area contributed by atoms with E-state index in [2.05, 4.69) is 31.3 Å². The maximum Gasteiger partial charge on any atom is 0.209 e. The molecule has 0 aliphatic carbocycles. The van der Waals surface area contributed by atoms with Crippen LogP contribution in [0.1, 0.15) is 50.0 Å². The first-order valence-electron chi connectivity index (χ1n) is 9.46. The number of sulfonamides is 1. The van der Waals surface area contributed by atoms with E-state index in [4.69, 9.17) is 4.42 Å². The molecule has 3 heterocycles. The summed E-state index contributed by atoms with van der Waals surface area (Å²) in [4.78, 5) is 2.34. The third-order valence-corrected chi connectivity index (χ3v) is 5.56. The molecule has 0 saturated heterocycles. The van der Waals surface area contributed by atoms with E-state index in [9.17, 15) is 8.42 Å². The van der Waals surface area contributed by atoms with Gasteiger partial charge in [0.1, 0.15) is 17.3 Å². The Morgan fingerprint density at radius 3 is 2.56 bits per heavy atom. The molecule has 8 nitrogen and oxygen atoms in total. The van der Waals surface area contributed by atoms with Gasteiger partial charge in [-0.15, -0.1) is 10.2 Å². The van der Waals surface area contributed by atoms with Crippen molar-refractivity contribution >= 4 is 10.0 Å². The third kappa shape index (κ3) is 4.97. The SMILES string of the molecule is CCc1ccc(CN2CCc3nnc([C@@H](NS(C)(=O)=O)C(C)C)n3CC2)o1. The van der Waals surface area contributed by atoms with Crippen molar-refractivity contribution in [2.75, 3.05) is 19.3 Å². The van der Waals surface area contributed by atoms with E-state index in [1.54, 1.807) is 0 Å². The maximum atomic E-state index is 11.8. The molecular weight excluding hydrogens is 366 g/mol. The topological polar surface area (TPSA) is 93.3 Å². The van der Waals surface area contributed by atoms with Gasteiger partial charge in [-0.2, -0.15) is 0 Å². The number of rotatable bonds is 7. The lowest BCUT2D eigenvalue weighted by Crippen LogP contribution is -2.33. The Balaban J connectivity index is 1.74. The molecule has 0 unspecified atom stereocenters. The van der Waals surface area contributed by atoms with Gasteiger partial charge in [0.25, 0.3) is 0 Å². The lowest BCUT2D eigenvalue weighted by atomic mass is 10.1. The molecule has 2 aromatic heterocycles. The lowest BCUT2D eigenvalue weighted by molar-refractivity contribution is 0.244. The number of aromatic nitrogens is 3. The van der Waals surface area contributed by atoms with Gasteiger partial charge in [-0.3, -0.25) is 4.90 Å². The molecule has 1 atom stereocenters. The van der Waals surface area contributed by atoms with Crippen LogP contribution in [0.3, 0.4) is 0 Å². The largest absolute Gasteiger partial charge is 0.465 e. The second-order valence-electron chi connectivity index (χ2n) is 7.49. The fourth-order valence-electron chi connectivity index (χ4n) is 3.41. The van der Waals surface area contributed by atoms with Crippen LogP contribution in [0.25, 0.3) is 0 Å². The molecule has 0 spiro atoms. The Hall–Kier alpha value is -1.71. The van der Waals surface area contributed by atoms with Crippen molar-refractivity contribution in [3.05, 3.63) is 35.3 Å². The van der Waals surface area contributed by atoms with E-state index in [0.717, 1.165) is 56.4 Å². The molecule has 0 saturated carbocycles.